The molecule has 6 aromatic rings. The van der Waals surface area contributed by atoms with Gasteiger partial charge in [-0.1, -0.05) is 66.7 Å². The van der Waals surface area contributed by atoms with Crippen molar-refractivity contribution in [2.45, 2.75) is 0 Å². The Labute approximate surface area is 168 Å². The van der Waals surface area contributed by atoms with E-state index < -0.39 is 0 Å². The maximum atomic E-state index is 9.65. The Kier molecular flexibility index (Phi) is 4.07. The summed E-state index contributed by atoms with van der Waals surface area (Å²) in [6.07, 6.45) is 0. The Morgan fingerprint density at radius 3 is 2.21 bits per heavy atom. The van der Waals surface area contributed by atoms with Crippen LogP contribution in [-0.2, 0) is 0 Å². The number of rotatable bonds is 0. The second-order valence-electron chi connectivity index (χ2n) is 7.17. The van der Waals surface area contributed by atoms with Crippen LogP contribution in [0.2, 0.25) is 0 Å². The van der Waals surface area contributed by atoms with E-state index >= 15 is 0 Å². The van der Waals surface area contributed by atoms with Gasteiger partial charge in [0.25, 0.3) is 0 Å². The molecule has 4 N–H and O–H groups in total. The second kappa shape index (κ2) is 6.88. The van der Waals surface area contributed by atoms with E-state index in [2.05, 4.69) is 41.4 Å². The Hall–Kier alpha value is -3.98. The third-order valence-corrected chi connectivity index (χ3v) is 5.26. The summed E-state index contributed by atoms with van der Waals surface area (Å²) in [5, 5.41) is 16.7. The fourth-order valence-corrected chi connectivity index (χ4v) is 3.84. The van der Waals surface area contributed by atoms with Crippen LogP contribution >= 0.6 is 0 Å². The molecule has 0 atom stereocenters. The van der Waals surface area contributed by atoms with Crippen molar-refractivity contribution in [3.05, 3.63) is 97.1 Å². The van der Waals surface area contributed by atoms with Gasteiger partial charge in [-0.25, -0.2) is 0 Å². The molecule has 1 heterocycles. The Bertz CT molecular complexity index is 1480. The lowest BCUT2D eigenvalue weighted by atomic mass is 10.1. The number of nitrogens with two attached hydrogens (primary N) is 1. The van der Waals surface area contributed by atoms with E-state index in [0.717, 1.165) is 27.5 Å². The van der Waals surface area contributed by atoms with Crippen molar-refractivity contribution in [2.24, 2.45) is 0 Å². The van der Waals surface area contributed by atoms with E-state index in [1.54, 1.807) is 6.07 Å². The average molecular weight is 376 g/mol. The molecule has 0 aliphatic heterocycles. The van der Waals surface area contributed by atoms with Crippen LogP contribution in [0, 0.1) is 0 Å². The fourth-order valence-electron chi connectivity index (χ4n) is 3.84. The van der Waals surface area contributed by atoms with Crippen molar-refractivity contribution in [3.63, 3.8) is 0 Å². The highest BCUT2D eigenvalue weighted by Gasteiger charge is 2.07. The molecule has 0 saturated carbocycles. The quantitative estimate of drug-likeness (QED) is 0.261. The highest BCUT2D eigenvalue weighted by Crippen LogP contribution is 2.32. The molecule has 5 aromatic carbocycles. The summed E-state index contributed by atoms with van der Waals surface area (Å²) < 4.78 is 0. The van der Waals surface area contributed by atoms with E-state index in [1.807, 2.05) is 54.6 Å². The van der Waals surface area contributed by atoms with Crippen LogP contribution in [0.3, 0.4) is 0 Å². The number of aromatic amines is 1. The zero-order valence-electron chi connectivity index (χ0n) is 15.8. The molecule has 3 nitrogen and oxygen atoms in total. The molecule has 0 fully saturated rings. The number of aromatic nitrogens is 1. The molecule has 0 aliphatic rings. The van der Waals surface area contributed by atoms with Crippen LogP contribution in [0.5, 0.6) is 5.75 Å². The molecule has 0 bridgehead atoms. The molecule has 0 unspecified atom stereocenters. The zero-order chi connectivity index (χ0) is 19.8. The number of phenols is 1. The van der Waals surface area contributed by atoms with Gasteiger partial charge in [-0.2, -0.15) is 0 Å². The van der Waals surface area contributed by atoms with Gasteiger partial charge in [-0.15, -0.1) is 0 Å². The van der Waals surface area contributed by atoms with Gasteiger partial charge in [0.2, 0.25) is 0 Å². The number of aromatic hydroxyl groups is 1. The topological polar surface area (TPSA) is 62.0 Å². The largest absolute Gasteiger partial charge is 0.508 e. The molecule has 3 heteroatoms. The monoisotopic (exact) mass is 376 g/mol. The predicted molar refractivity (Wildman–Crippen MR) is 123 cm³/mol. The lowest BCUT2D eigenvalue weighted by Crippen LogP contribution is -1.82. The van der Waals surface area contributed by atoms with Crippen LogP contribution in [0.15, 0.2) is 97.1 Å². The Morgan fingerprint density at radius 1 is 0.586 bits per heavy atom. The first-order valence-corrected chi connectivity index (χ1v) is 9.55. The maximum absolute atomic E-state index is 9.65. The minimum atomic E-state index is 0.300. The van der Waals surface area contributed by atoms with Gasteiger partial charge in [0.1, 0.15) is 5.75 Å². The number of H-pyrrole nitrogens is 1. The van der Waals surface area contributed by atoms with Gasteiger partial charge in [0.05, 0.1) is 5.52 Å². The molecule has 140 valence electrons. The SMILES string of the molecule is Nc1ccc2ccccc2c1.Oc1ccc2ccc3c4ccccc4[nH]c3c2c1. The van der Waals surface area contributed by atoms with Crippen molar-refractivity contribution < 1.29 is 5.11 Å². The normalized spacial score (nSPS) is 11.0. The number of hydrogen-bond acceptors (Lipinski definition) is 2. The summed E-state index contributed by atoms with van der Waals surface area (Å²) in [6.45, 7) is 0. The molecule has 0 spiro atoms. The minimum absolute atomic E-state index is 0.300. The molecular formula is C26H20N2O. The minimum Gasteiger partial charge on any atom is -0.508 e. The standard InChI is InChI=1S/C16H11NO.C10H9N/c18-11-7-5-10-6-8-13-12-3-1-2-4-15(12)17-16(13)14(10)9-11;11-10-6-5-8-3-1-2-4-9(8)7-10/h1-9,17-18H;1-7H,11H2. The van der Waals surface area contributed by atoms with E-state index in [-0.39, 0.29) is 0 Å². The number of fused-ring (bicyclic) bond motifs is 6. The van der Waals surface area contributed by atoms with Crippen LogP contribution < -0.4 is 5.73 Å². The number of nitrogen functional groups attached to an aromatic ring is 1. The molecule has 1 aromatic heterocycles. The number of para-hydroxylation sites is 1. The van der Waals surface area contributed by atoms with Crippen LogP contribution in [0.1, 0.15) is 0 Å². The molecule has 0 saturated heterocycles. The van der Waals surface area contributed by atoms with Crippen molar-refractivity contribution in [2.75, 3.05) is 5.73 Å². The molecule has 29 heavy (non-hydrogen) atoms. The predicted octanol–water partition coefficient (Wildman–Crippen LogP) is 6.60. The van der Waals surface area contributed by atoms with Crippen LogP contribution in [0.25, 0.3) is 43.4 Å². The number of hydrogen-bond donors (Lipinski definition) is 3. The van der Waals surface area contributed by atoms with E-state index in [1.165, 1.54) is 21.5 Å². The number of phenolic OH excluding ortho intramolecular Hbond substituents is 1. The second-order valence-corrected chi connectivity index (χ2v) is 7.17. The average Bonchev–Trinajstić information content (AvgIpc) is 3.13. The van der Waals surface area contributed by atoms with Gasteiger partial charge >= 0.3 is 0 Å². The summed E-state index contributed by atoms with van der Waals surface area (Å²) in [7, 11) is 0. The summed E-state index contributed by atoms with van der Waals surface area (Å²) in [5.41, 5.74) is 8.66. The van der Waals surface area contributed by atoms with Gasteiger partial charge < -0.3 is 15.8 Å². The fraction of sp³-hybridized carbons (Fsp3) is 0. The Balaban J connectivity index is 0.000000142. The van der Waals surface area contributed by atoms with Gasteiger partial charge in [0, 0.05) is 27.4 Å². The van der Waals surface area contributed by atoms with Crippen molar-refractivity contribution in [3.8, 4) is 5.75 Å². The summed E-state index contributed by atoms with van der Waals surface area (Å²) in [5.74, 6) is 0.300. The highest BCUT2D eigenvalue weighted by molar-refractivity contribution is 6.17. The van der Waals surface area contributed by atoms with Crippen LogP contribution in [0.4, 0.5) is 5.69 Å². The zero-order valence-corrected chi connectivity index (χ0v) is 15.8. The lowest BCUT2D eigenvalue weighted by molar-refractivity contribution is 0.476. The summed E-state index contributed by atoms with van der Waals surface area (Å²) in [4.78, 5) is 3.44. The third-order valence-electron chi connectivity index (χ3n) is 5.26. The van der Waals surface area contributed by atoms with E-state index in [9.17, 15) is 5.11 Å². The van der Waals surface area contributed by atoms with Crippen molar-refractivity contribution in [1.82, 2.24) is 4.98 Å². The van der Waals surface area contributed by atoms with Gasteiger partial charge in [0.15, 0.2) is 0 Å². The third kappa shape index (κ3) is 3.13. The first-order chi connectivity index (χ1) is 14.2. The van der Waals surface area contributed by atoms with Crippen molar-refractivity contribution >= 4 is 49.0 Å². The molecule has 0 aliphatic carbocycles. The molecule has 0 amide bonds. The smallest absolute Gasteiger partial charge is 0.116 e. The van der Waals surface area contributed by atoms with Crippen LogP contribution in [-0.4, -0.2) is 10.1 Å². The lowest BCUT2D eigenvalue weighted by Gasteiger charge is -2.00. The van der Waals surface area contributed by atoms with E-state index in [0.29, 0.717) is 5.75 Å². The summed E-state index contributed by atoms with van der Waals surface area (Å²) >= 11 is 0. The molecule has 6 rings (SSSR count). The molecule has 0 radical (unpaired) electrons. The first-order valence-electron chi connectivity index (χ1n) is 9.55. The number of anilines is 1. The highest BCUT2D eigenvalue weighted by atomic mass is 16.3. The summed E-state index contributed by atoms with van der Waals surface area (Å²) in [6, 6.07) is 32.1. The molecular weight excluding hydrogens is 356 g/mol. The number of benzene rings is 5. The van der Waals surface area contributed by atoms with Gasteiger partial charge in [-0.3, -0.25) is 0 Å². The van der Waals surface area contributed by atoms with Crippen molar-refractivity contribution in [1.29, 1.82) is 0 Å². The van der Waals surface area contributed by atoms with E-state index in [4.69, 9.17) is 5.73 Å². The Morgan fingerprint density at radius 2 is 1.31 bits per heavy atom. The van der Waals surface area contributed by atoms with Gasteiger partial charge in [-0.05, 0) is 46.5 Å². The number of nitrogens with one attached hydrogen (secondary N) is 1. The first kappa shape index (κ1) is 17.1. The maximum Gasteiger partial charge on any atom is 0.116 e.